The van der Waals surface area contributed by atoms with Crippen molar-refractivity contribution in [2.75, 3.05) is 32.6 Å². The minimum Gasteiger partial charge on any atom is -0.465 e. The molecule has 0 saturated carbocycles. The zero-order valence-electron chi connectivity index (χ0n) is 21.8. The van der Waals surface area contributed by atoms with Gasteiger partial charge in [0.05, 0.1) is 31.2 Å². The third kappa shape index (κ3) is 5.97. The molecule has 12 heteroatoms. The Morgan fingerprint density at radius 2 is 1.72 bits per heavy atom. The van der Waals surface area contributed by atoms with Crippen LogP contribution in [0.3, 0.4) is 0 Å². The van der Waals surface area contributed by atoms with E-state index in [4.69, 9.17) is 9.47 Å². The van der Waals surface area contributed by atoms with E-state index in [0.717, 1.165) is 16.0 Å². The number of nitrogens with one attached hydrogen (secondary N) is 1. The van der Waals surface area contributed by atoms with Crippen LogP contribution in [0, 0.1) is 0 Å². The molecule has 39 heavy (non-hydrogen) atoms. The quantitative estimate of drug-likeness (QED) is 0.404. The Morgan fingerprint density at radius 1 is 1.03 bits per heavy atom. The van der Waals surface area contributed by atoms with E-state index in [9.17, 15) is 22.8 Å². The number of benzene rings is 2. The topological polar surface area (TPSA) is 122 Å². The van der Waals surface area contributed by atoms with Crippen molar-refractivity contribution >= 4 is 44.3 Å². The fourth-order valence-electron chi connectivity index (χ4n) is 4.35. The van der Waals surface area contributed by atoms with E-state index >= 15 is 0 Å². The number of carbonyl (C=O) groups is 3. The lowest BCUT2D eigenvalue weighted by atomic mass is 10.0. The van der Waals surface area contributed by atoms with E-state index < -0.39 is 28.0 Å². The third-order valence-corrected chi connectivity index (χ3v) is 9.48. The number of methoxy groups -OCH3 is 2. The summed E-state index contributed by atoms with van der Waals surface area (Å²) in [4.78, 5) is 40.0. The van der Waals surface area contributed by atoms with Crippen molar-refractivity contribution in [3.05, 3.63) is 81.7 Å². The number of ether oxygens (including phenoxy) is 2. The first-order valence-corrected chi connectivity index (χ1v) is 14.5. The van der Waals surface area contributed by atoms with E-state index in [1.54, 1.807) is 6.92 Å². The molecule has 2 amide bonds. The molecule has 206 valence electrons. The molecule has 4 rings (SSSR count). The Balaban J connectivity index is 1.54. The summed E-state index contributed by atoms with van der Waals surface area (Å²) in [6.07, 6.45) is -0.0651. The van der Waals surface area contributed by atoms with Crippen LogP contribution in [0.2, 0.25) is 0 Å². The van der Waals surface area contributed by atoms with Gasteiger partial charge in [-0.15, -0.1) is 11.3 Å². The van der Waals surface area contributed by atoms with Gasteiger partial charge in [0.25, 0.3) is 5.91 Å². The van der Waals surface area contributed by atoms with Crippen LogP contribution in [0.4, 0.5) is 9.80 Å². The van der Waals surface area contributed by atoms with E-state index in [0.29, 0.717) is 18.0 Å². The SMILES string of the molecule is CCN(Cc1ccccc1)S(=O)(=O)c1ccc(C(=O)Nc2sc3c(c2C(=O)OC)CCN(C(=O)OC)C3)cc1. The number of carbonyl (C=O) groups excluding carboxylic acids is 3. The summed E-state index contributed by atoms with van der Waals surface area (Å²) in [6, 6.07) is 15.0. The van der Waals surface area contributed by atoms with Crippen molar-refractivity contribution in [3.63, 3.8) is 0 Å². The Morgan fingerprint density at radius 3 is 2.33 bits per heavy atom. The normalized spacial score (nSPS) is 13.1. The summed E-state index contributed by atoms with van der Waals surface area (Å²) in [5.74, 6) is -1.10. The van der Waals surface area contributed by atoms with E-state index in [1.165, 1.54) is 59.0 Å². The number of anilines is 1. The van der Waals surface area contributed by atoms with Crippen molar-refractivity contribution < 1.29 is 32.3 Å². The monoisotopic (exact) mass is 571 g/mol. The van der Waals surface area contributed by atoms with Crippen LogP contribution >= 0.6 is 11.3 Å². The first kappa shape index (κ1) is 28.3. The lowest BCUT2D eigenvalue weighted by Crippen LogP contribution is -2.35. The van der Waals surface area contributed by atoms with Crippen LogP contribution in [-0.2, 0) is 39.0 Å². The van der Waals surface area contributed by atoms with Crippen LogP contribution in [-0.4, -0.2) is 62.9 Å². The molecule has 0 bridgehead atoms. The third-order valence-electron chi connectivity index (χ3n) is 6.42. The molecule has 2 heterocycles. The lowest BCUT2D eigenvalue weighted by molar-refractivity contribution is 0.0600. The highest BCUT2D eigenvalue weighted by molar-refractivity contribution is 7.89. The number of esters is 1. The summed E-state index contributed by atoms with van der Waals surface area (Å²) in [7, 11) is -1.22. The van der Waals surface area contributed by atoms with Gasteiger partial charge >= 0.3 is 12.1 Å². The van der Waals surface area contributed by atoms with Gasteiger partial charge in [-0.25, -0.2) is 18.0 Å². The molecule has 3 aromatic rings. The average molecular weight is 572 g/mol. The fourth-order valence-corrected chi connectivity index (χ4v) is 7.03. The van der Waals surface area contributed by atoms with Crippen molar-refractivity contribution in [2.24, 2.45) is 0 Å². The molecule has 1 aliphatic heterocycles. The van der Waals surface area contributed by atoms with E-state index in [-0.39, 0.29) is 35.7 Å². The Labute approximate surface area is 231 Å². The summed E-state index contributed by atoms with van der Waals surface area (Å²) in [6.45, 7) is 2.89. The number of amides is 2. The second kappa shape index (κ2) is 12.0. The Hall–Kier alpha value is -3.74. The summed E-state index contributed by atoms with van der Waals surface area (Å²) in [5.41, 5.74) is 2.07. The smallest absolute Gasteiger partial charge is 0.409 e. The van der Waals surface area contributed by atoms with Crippen molar-refractivity contribution in [1.82, 2.24) is 9.21 Å². The molecular formula is C27H29N3O7S2. The van der Waals surface area contributed by atoms with Gasteiger partial charge < -0.3 is 19.7 Å². The van der Waals surface area contributed by atoms with Crippen molar-refractivity contribution in [2.45, 2.75) is 31.3 Å². The van der Waals surface area contributed by atoms with Gasteiger partial charge in [0.2, 0.25) is 10.0 Å². The zero-order chi connectivity index (χ0) is 28.2. The largest absolute Gasteiger partial charge is 0.465 e. The van der Waals surface area contributed by atoms with Gasteiger partial charge in [0.15, 0.2) is 0 Å². The highest BCUT2D eigenvalue weighted by Crippen LogP contribution is 2.38. The number of rotatable bonds is 8. The molecule has 1 N–H and O–H groups in total. The summed E-state index contributed by atoms with van der Waals surface area (Å²) in [5, 5.41) is 3.07. The number of sulfonamides is 1. The molecule has 0 aliphatic carbocycles. The van der Waals surface area contributed by atoms with Gasteiger partial charge in [-0.05, 0) is 41.8 Å². The predicted octanol–water partition coefficient (Wildman–Crippen LogP) is 4.12. The molecule has 1 aliphatic rings. The minimum atomic E-state index is -3.79. The summed E-state index contributed by atoms with van der Waals surface area (Å²) >= 11 is 1.19. The number of hydrogen-bond acceptors (Lipinski definition) is 8. The number of fused-ring (bicyclic) bond motifs is 1. The first-order chi connectivity index (χ1) is 18.7. The van der Waals surface area contributed by atoms with Gasteiger partial charge in [0.1, 0.15) is 5.00 Å². The Bertz CT molecular complexity index is 1470. The summed E-state index contributed by atoms with van der Waals surface area (Å²) < 4.78 is 37.6. The van der Waals surface area contributed by atoms with Crippen molar-refractivity contribution in [1.29, 1.82) is 0 Å². The van der Waals surface area contributed by atoms with Crippen LogP contribution in [0.5, 0.6) is 0 Å². The molecular weight excluding hydrogens is 542 g/mol. The standard InChI is InChI=1S/C27H29N3O7S2/c1-4-30(16-18-8-6-5-7-9-18)39(34,35)20-12-10-19(11-13-20)24(31)28-25-23(26(32)36-2)21-14-15-29(27(33)37-3)17-22(21)38-25/h5-13H,4,14-17H2,1-3H3,(H,28,31). The molecule has 2 aromatic carbocycles. The average Bonchev–Trinajstić information content (AvgIpc) is 3.32. The van der Waals surface area contributed by atoms with Crippen LogP contribution in [0.15, 0.2) is 59.5 Å². The molecule has 10 nitrogen and oxygen atoms in total. The zero-order valence-corrected chi connectivity index (χ0v) is 23.4. The molecule has 0 spiro atoms. The van der Waals surface area contributed by atoms with Gasteiger partial charge in [-0.1, -0.05) is 37.3 Å². The van der Waals surface area contributed by atoms with Gasteiger partial charge in [0, 0.05) is 30.1 Å². The lowest BCUT2D eigenvalue weighted by Gasteiger charge is -2.25. The van der Waals surface area contributed by atoms with Crippen molar-refractivity contribution in [3.8, 4) is 0 Å². The first-order valence-electron chi connectivity index (χ1n) is 12.2. The molecule has 0 saturated heterocycles. The predicted molar refractivity (Wildman–Crippen MR) is 146 cm³/mol. The molecule has 0 atom stereocenters. The van der Waals surface area contributed by atoms with E-state index in [2.05, 4.69) is 5.32 Å². The molecule has 0 radical (unpaired) electrons. The van der Waals surface area contributed by atoms with Gasteiger partial charge in [-0.2, -0.15) is 4.31 Å². The van der Waals surface area contributed by atoms with Crippen LogP contribution in [0.25, 0.3) is 0 Å². The number of nitrogens with zero attached hydrogens (tertiary/aromatic N) is 2. The van der Waals surface area contributed by atoms with Crippen LogP contribution in [0.1, 0.15) is 43.6 Å². The molecule has 0 fully saturated rings. The maximum Gasteiger partial charge on any atom is 0.409 e. The molecule has 1 aromatic heterocycles. The van der Waals surface area contributed by atoms with E-state index in [1.807, 2.05) is 30.3 Å². The highest BCUT2D eigenvalue weighted by atomic mass is 32.2. The number of hydrogen-bond donors (Lipinski definition) is 1. The molecule has 0 unspecified atom stereocenters. The number of thiophene rings is 1. The maximum absolute atomic E-state index is 13.2. The highest BCUT2D eigenvalue weighted by Gasteiger charge is 2.31. The van der Waals surface area contributed by atoms with Gasteiger partial charge in [-0.3, -0.25) is 4.79 Å². The van der Waals surface area contributed by atoms with Crippen LogP contribution < -0.4 is 5.32 Å². The maximum atomic E-state index is 13.2. The second-order valence-electron chi connectivity index (χ2n) is 8.74. The fraction of sp³-hybridized carbons (Fsp3) is 0.296. The second-order valence-corrected chi connectivity index (χ2v) is 11.8. The minimum absolute atomic E-state index is 0.0709. The Kier molecular flexibility index (Phi) is 8.68.